The maximum atomic E-state index is 12.9. The zero-order valence-electron chi connectivity index (χ0n) is 16.5. The molecular weight excluding hydrogens is 452 g/mol. The van der Waals surface area contributed by atoms with E-state index < -0.39 is 6.04 Å². The van der Waals surface area contributed by atoms with Gasteiger partial charge in [0.15, 0.2) is 10.3 Å². The van der Waals surface area contributed by atoms with Crippen LogP contribution in [0.3, 0.4) is 0 Å². The number of amides is 1. The number of thioether (sulfide) groups is 1. The predicted molar refractivity (Wildman–Crippen MR) is 126 cm³/mol. The molecule has 0 aliphatic heterocycles. The van der Waals surface area contributed by atoms with Crippen LogP contribution < -0.4 is 11.1 Å². The molecular formula is C21H19ClN6OS2. The van der Waals surface area contributed by atoms with E-state index in [2.05, 4.69) is 20.5 Å². The van der Waals surface area contributed by atoms with E-state index in [1.807, 2.05) is 60.0 Å². The van der Waals surface area contributed by atoms with Crippen LogP contribution in [0.1, 0.15) is 18.5 Å². The van der Waals surface area contributed by atoms with Gasteiger partial charge in [0, 0.05) is 21.7 Å². The average Bonchev–Trinajstić information content (AvgIpc) is 3.40. The minimum absolute atomic E-state index is 0.174. The van der Waals surface area contributed by atoms with Crippen molar-refractivity contribution in [3.8, 4) is 11.3 Å². The van der Waals surface area contributed by atoms with Crippen molar-refractivity contribution in [2.45, 2.75) is 23.9 Å². The third-order valence-electron chi connectivity index (χ3n) is 4.58. The second-order valence-electron chi connectivity index (χ2n) is 6.66. The Morgan fingerprint density at radius 1 is 1.19 bits per heavy atom. The van der Waals surface area contributed by atoms with Gasteiger partial charge in [0.2, 0.25) is 11.9 Å². The third kappa shape index (κ3) is 4.90. The van der Waals surface area contributed by atoms with Gasteiger partial charge in [-0.15, -0.1) is 21.5 Å². The summed E-state index contributed by atoms with van der Waals surface area (Å²) in [6.45, 7) is 1.75. The number of nitrogens with zero attached hydrogens (tertiary/aromatic N) is 4. The summed E-state index contributed by atoms with van der Waals surface area (Å²) in [6.07, 6.45) is 0. The van der Waals surface area contributed by atoms with Crippen LogP contribution in [0.15, 0.2) is 65.1 Å². The van der Waals surface area contributed by atoms with Gasteiger partial charge in [0.05, 0.1) is 5.69 Å². The lowest BCUT2D eigenvalue weighted by Gasteiger charge is -2.15. The Morgan fingerprint density at radius 2 is 1.94 bits per heavy atom. The Balaban J connectivity index is 1.46. The Labute approximate surface area is 192 Å². The first-order valence-corrected chi connectivity index (χ1v) is 11.7. The van der Waals surface area contributed by atoms with Gasteiger partial charge in [0.1, 0.15) is 6.04 Å². The monoisotopic (exact) mass is 470 g/mol. The number of aromatic nitrogens is 4. The second-order valence-corrected chi connectivity index (χ2v) is 8.87. The lowest BCUT2D eigenvalue weighted by molar-refractivity contribution is -0.118. The van der Waals surface area contributed by atoms with E-state index in [0.29, 0.717) is 21.1 Å². The molecule has 7 nitrogen and oxygen atoms in total. The molecule has 0 radical (unpaired) electrons. The minimum atomic E-state index is -0.618. The molecule has 31 heavy (non-hydrogen) atoms. The highest BCUT2D eigenvalue weighted by Gasteiger charge is 2.23. The number of nitrogen functional groups attached to an aromatic ring is 1. The molecule has 0 aliphatic carbocycles. The largest absolute Gasteiger partial charge is 0.368 e. The van der Waals surface area contributed by atoms with Crippen molar-refractivity contribution >= 4 is 51.7 Å². The van der Waals surface area contributed by atoms with Crippen molar-refractivity contribution in [2.24, 2.45) is 0 Å². The number of halogens is 1. The highest BCUT2D eigenvalue weighted by molar-refractivity contribution is 7.98. The van der Waals surface area contributed by atoms with Gasteiger partial charge in [-0.2, -0.15) is 0 Å². The lowest BCUT2D eigenvalue weighted by Crippen LogP contribution is -2.25. The van der Waals surface area contributed by atoms with Crippen LogP contribution in [0.4, 0.5) is 11.1 Å². The number of rotatable bonds is 7. The lowest BCUT2D eigenvalue weighted by atomic mass is 10.2. The molecule has 1 atom stereocenters. The third-order valence-corrected chi connectivity index (χ3v) is 6.69. The summed E-state index contributed by atoms with van der Waals surface area (Å²) in [5.41, 5.74) is 8.78. The summed E-state index contributed by atoms with van der Waals surface area (Å²) in [7, 11) is 0. The molecule has 0 fully saturated rings. The summed E-state index contributed by atoms with van der Waals surface area (Å²) >= 11 is 9.02. The van der Waals surface area contributed by atoms with Crippen LogP contribution in [-0.4, -0.2) is 25.7 Å². The molecule has 10 heteroatoms. The van der Waals surface area contributed by atoms with Gasteiger partial charge in [-0.3, -0.25) is 9.36 Å². The zero-order valence-corrected chi connectivity index (χ0v) is 18.9. The van der Waals surface area contributed by atoms with E-state index in [1.165, 1.54) is 23.1 Å². The van der Waals surface area contributed by atoms with Gasteiger partial charge in [0.25, 0.3) is 0 Å². The number of nitrogens with two attached hydrogens (primary N) is 1. The van der Waals surface area contributed by atoms with Crippen LogP contribution >= 0.6 is 34.7 Å². The van der Waals surface area contributed by atoms with Crippen LogP contribution in [0, 0.1) is 0 Å². The van der Waals surface area contributed by atoms with E-state index in [-0.39, 0.29) is 11.9 Å². The van der Waals surface area contributed by atoms with E-state index in [4.69, 9.17) is 17.3 Å². The number of hydrogen-bond acceptors (Lipinski definition) is 7. The van der Waals surface area contributed by atoms with Gasteiger partial charge in [-0.1, -0.05) is 71.9 Å². The normalized spacial score (nSPS) is 11.9. The number of carbonyl (C=O) groups is 1. The first-order chi connectivity index (χ1) is 15.0. The Hall–Kier alpha value is -2.88. The molecule has 3 N–H and O–H groups in total. The molecule has 158 valence electrons. The van der Waals surface area contributed by atoms with E-state index in [0.717, 1.165) is 16.8 Å². The fourth-order valence-electron chi connectivity index (χ4n) is 2.91. The summed E-state index contributed by atoms with van der Waals surface area (Å²) in [5, 5.41) is 14.6. The number of nitrogens with one attached hydrogen (secondary N) is 1. The zero-order chi connectivity index (χ0) is 21.8. The van der Waals surface area contributed by atoms with Crippen molar-refractivity contribution in [1.29, 1.82) is 0 Å². The Morgan fingerprint density at radius 3 is 2.71 bits per heavy atom. The second kappa shape index (κ2) is 9.51. The van der Waals surface area contributed by atoms with Gasteiger partial charge in [-0.25, -0.2) is 4.98 Å². The predicted octanol–water partition coefficient (Wildman–Crippen LogP) is 5.13. The van der Waals surface area contributed by atoms with Gasteiger partial charge in [-0.05, 0) is 18.6 Å². The quantitative estimate of drug-likeness (QED) is 0.363. The molecule has 0 saturated carbocycles. The van der Waals surface area contributed by atoms with Gasteiger partial charge < -0.3 is 11.1 Å². The first kappa shape index (κ1) is 21.4. The van der Waals surface area contributed by atoms with Crippen LogP contribution in [0.2, 0.25) is 5.02 Å². The fourth-order valence-corrected chi connectivity index (χ4v) is 4.94. The van der Waals surface area contributed by atoms with Crippen LogP contribution in [0.25, 0.3) is 11.3 Å². The molecule has 0 aliphatic rings. The summed E-state index contributed by atoms with van der Waals surface area (Å²) in [5.74, 6) is 0.507. The van der Waals surface area contributed by atoms with E-state index in [9.17, 15) is 4.79 Å². The molecule has 2 aromatic heterocycles. The number of thiazole rings is 1. The first-order valence-electron chi connectivity index (χ1n) is 9.41. The molecule has 0 saturated heterocycles. The van der Waals surface area contributed by atoms with Crippen molar-refractivity contribution < 1.29 is 4.79 Å². The molecule has 0 spiro atoms. The molecule has 2 aromatic carbocycles. The SMILES string of the molecule is CC(C(=O)Nc1nc(-c2ccccc2)cs1)n1c(N)nnc1SCc1ccccc1Cl. The summed E-state index contributed by atoms with van der Waals surface area (Å²) < 4.78 is 1.61. The van der Waals surface area contributed by atoms with Gasteiger partial charge >= 0.3 is 0 Å². The smallest absolute Gasteiger partial charge is 0.249 e. The topological polar surface area (TPSA) is 98.7 Å². The molecule has 1 unspecified atom stereocenters. The van der Waals surface area contributed by atoms with Crippen LogP contribution in [0.5, 0.6) is 0 Å². The molecule has 2 heterocycles. The fraction of sp³-hybridized carbons (Fsp3) is 0.143. The standard InChI is InChI=1S/C21H19ClN6OS2/c1-13(18(29)25-20-24-17(12-30-20)14-7-3-2-4-8-14)28-19(23)26-27-21(28)31-11-15-9-5-6-10-16(15)22/h2-10,12-13H,11H2,1H3,(H2,23,26)(H,24,25,29). The molecule has 0 bridgehead atoms. The van der Waals surface area contributed by atoms with E-state index >= 15 is 0 Å². The number of hydrogen-bond donors (Lipinski definition) is 2. The van der Waals surface area contributed by atoms with Crippen LogP contribution in [-0.2, 0) is 10.5 Å². The minimum Gasteiger partial charge on any atom is -0.368 e. The van der Waals surface area contributed by atoms with Crippen molar-refractivity contribution in [1.82, 2.24) is 19.7 Å². The summed E-state index contributed by atoms with van der Waals surface area (Å²) in [4.78, 5) is 17.4. The van der Waals surface area contributed by atoms with Crippen molar-refractivity contribution in [3.05, 3.63) is 70.6 Å². The highest BCUT2D eigenvalue weighted by atomic mass is 35.5. The maximum absolute atomic E-state index is 12.9. The molecule has 4 rings (SSSR count). The summed E-state index contributed by atoms with van der Waals surface area (Å²) in [6, 6.07) is 16.8. The maximum Gasteiger partial charge on any atom is 0.249 e. The van der Waals surface area contributed by atoms with Crippen molar-refractivity contribution in [2.75, 3.05) is 11.1 Å². The van der Waals surface area contributed by atoms with E-state index in [1.54, 1.807) is 11.5 Å². The Kier molecular flexibility index (Phi) is 6.55. The number of carbonyl (C=O) groups excluding carboxylic acids is 1. The molecule has 4 aromatic rings. The molecule has 1 amide bonds. The average molecular weight is 471 g/mol. The van der Waals surface area contributed by atoms with Crippen molar-refractivity contribution in [3.63, 3.8) is 0 Å². The Bertz CT molecular complexity index is 1190. The number of anilines is 2. The number of benzene rings is 2. The highest BCUT2D eigenvalue weighted by Crippen LogP contribution is 2.30.